The Morgan fingerprint density at radius 3 is 2.59 bits per heavy atom. The van der Waals surface area contributed by atoms with Crippen LogP contribution in [0.3, 0.4) is 0 Å². The van der Waals surface area contributed by atoms with Crippen molar-refractivity contribution in [1.29, 1.82) is 0 Å². The third-order valence-electron chi connectivity index (χ3n) is 5.08. The quantitative estimate of drug-likeness (QED) is 0.907. The summed E-state index contributed by atoms with van der Waals surface area (Å²) < 4.78 is 11.3. The van der Waals surface area contributed by atoms with Gasteiger partial charge in [-0.1, -0.05) is 30.3 Å². The van der Waals surface area contributed by atoms with Crippen molar-refractivity contribution in [3.63, 3.8) is 0 Å². The van der Waals surface area contributed by atoms with Crippen LogP contribution in [-0.2, 0) is 9.59 Å². The molecule has 2 amide bonds. The van der Waals surface area contributed by atoms with E-state index >= 15 is 0 Å². The summed E-state index contributed by atoms with van der Waals surface area (Å²) in [6.07, 6.45) is 1.03. The molecule has 140 valence electrons. The SMILES string of the molecule is CN1C(=O)C[C@@H](C(=O)Nc2ccc3c(c2)OCCCO3)[C@@H]1c1ccccc1. The molecule has 6 nitrogen and oxygen atoms in total. The number of rotatable bonds is 3. The Bertz CT molecular complexity index is 853. The molecule has 1 fully saturated rings. The first-order valence-electron chi connectivity index (χ1n) is 9.14. The van der Waals surface area contributed by atoms with Crippen molar-refractivity contribution in [2.45, 2.75) is 18.9 Å². The maximum absolute atomic E-state index is 13.0. The molecule has 2 aromatic rings. The van der Waals surface area contributed by atoms with E-state index in [0.717, 1.165) is 12.0 Å². The molecule has 1 saturated heterocycles. The van der Waals surface area contributed by atoms with E-state index in [1.165, 1.54) is 0 Å². The van der Waals surface area contributed by atoms with E-state index in [0.29, 0.717) is 30.4 Å². The topological polar surface area (TPSA) is 67.9 Å². The van der Waals surface area contributed by atoms with Crippen molar-refractivity contribution in [3.05, 3.63) is 54.1 Å². The second-order valence-electron chi connectivity index (χ2n) is 6.87. The van der Waals surface area contributed by atoms with Crippen LogP contribution in [0.4, 0.5) is 5.69 Å². The van der Waals surface area contributed by atoms with Crippen LogP contribution >= 0.6 is 0 Å². The minimum atomic E-state index is -0.444. The van der Waals surface area contributed by atoms with E-state index in [1.54, 1.807) is 30.1 Å². The van der Waals surface area contributed by atoms with E-state index < -0.39 is 5.92 Å². The maximum Gasteiger partial charge on any atom is 0.230 e. The summed E-state index contributed by atoms with van der Waals surface area (Å²) in [6, 6.07) is 14.8. The fourth-order valence-corrected chi connectivity index (χ4v) is 3.69. The number of fused-ring (bicyclic) bond motifs is 1. The van der Waals surface area contributed by atoms with Crippen LogP contribution < -0.4 is 14.8 Å². The summed E-state index contributed by atoms with van der Waals surface area (Å²) in [5, 5.41) is 2.94. The lowest BCUT2D eigenvalue weighted by atomic mass is 9.93. The van der Waals surface area contributed by atoms with Crippen LogP contribution in [0.1, 0.15) is 24.4 Å². The minimum Gasteiger partial charge on any atom is -0.490 e. The fraction of sp³-hybridized carbons (Fsp3) is 0.333. The van der Waals surface area contributed by atoms with Crippen molar-refractivity contribution in [2.75, 3.05) is 25.6 Å². The molecule has 2 aromatic carbocycles. The second kappa shape index (κ2) is 7.31. The second-order valence-corrected chi connectivity index (χ2v) is 6.87. The molecule has 4 rings (SSSR count). The van der Waals surface area contributed by atoms with Gasteiger partial charge in [-0.2, -0.15) is 0 Å². The van der Waals surface area contributed by atoms with Crippen LogP contribution in [0.15, 0.2) is 48.5 Å². The molecule has 0 saturated carbocycles. The van der Waals surface area contributed by atoms with E-state index in [4.69, 9.17) is 9.47 Å². The van der Waals surface area contributed by atoms with Gasteiger partial charge in [0.1, 0.15) is 0 Å². The largest absolute Gasteiger partial charge is 0.490 e. The molecule has 2 aliphatic heterocycles. The van der Waals surface area contributed by atoms with E-state index in [2.05, 4.69) is 5.32 Å². The molecule has 0 aromatic heterocycles. The average molecular weight is 366 g/mol. The molecule has 27 heavy (non-hydrogen) atoms. The lowest BCUT2D eigenvalue weighted by molar-refractivity contribution is -0.127. The standard InChI is InChI=1S/C21H22N2O4/c1-23-19(24)13-16(20(23)14-6-3-2-4-7-14)21(25)22-15-8-9-17-18(12-15)27-11-5-10-26-17/h2-4,6-9,12,16,20H,5,10-11,13H2,1H3,(H,22,25)/t16-,20+/m1/s1. The molecule has 1 N–H and O–H groups in total. The number of ether oxygens (including phenoxy) is 2. The Morgan fingerprint density at radius 2 is 1.81 bits per heavy atom. The normalized spacial score (nSPS) is 21.7. The molecule has 0 bridgehead atoms. The Kier molecular flexibility index (Phi) is 4.71. The maximum atomic E-state index is 13.0. The number of hydrogen-bond donors (Lipinski definition) is 1. The Morgan fingerprint density at radius 1 is 1.07 bits per heavy atom. The third kappa shape index (κ3) is 3.47. The lowest BCUT2D eigenvalue weighted by Crippen LogP contribution is -2.30. The Balaban J connectivity index is 1.55. The molecular weight excluding hydrogens is 344 g/mol. The summed E-state index contributed by atoms with van der Waals surface area (Å²) in [7, 11) is 1.75. The van der Waals surface area contributed by atoms with E-state index in [-0.39, 0.29) is 24.3 Å². The van der Waals surface area contributed by atoms with Gasteiger partial charge in [-0.15, -0.1) is 0 Å². The highest BCUT2D eigenvalue weighted by Crippen LogP contribution is 2.38. The van der Waals surface area contributed by atoms with Gasteiger partial charge < -0.3 is 19.7 Å². The van der Waals surface area contributed by atoms with Gasteiger partial charge in [-0.05, 0) is 17.7 Å². The molecule has 2 heterocycles. The van der Waals surface area contributed by atoms with Crippen LogP contribution in [0, 0.1) is 5.92 Å². The van der Waals surface area contributed by atoms with Crippen molar-refractivity contribution < 1.29 is 19.1 Å². The molecule has 0 spiro atoms. The van der Waals surface area contributed by atoms with Crippen molar-refractivity contribution >= 4 is 17.5 Å². The molecule has 0 aliphatic carbocycles. The van der Waals surface area contributed by atoms with Crippen LogP contribution in [0.5, 0.6) is 11.5 Å². The van der Waals surface area contributed by atoms with Gasteiger partial charge in [0, 0.05) is 31.6 Å². The zero-order chi connectivity index (χ0) is 18.8. The number of benzene rings is 2. The van der Waals surface area contributed by atoms with E-state index in [1.807, 2.05) is 30.3 Å². The molecule has 0 unspecified atom stereocenters. The van der Waals surface area contributed by atoms with Gasteiger partial charge in [-0.25, -0.2) is 0 Å². The number of likely N-dealkylation sites (tertiary alicyclic amines) is 1. The van der Waals surface area contributed by atoms with Crippen molar-refractivity contribution in [3.8, 4) is 11.5 Å². The predicted molar refractivity (Wildman–Crippen MR) is 101 cm³/mol. The summed E-state index contributed by atoms with van der Waals surface area (Å²) in [6.45, 7) is 1.20. The first-order chi connectivity index (χ1) is 13.1. The highest BCUT2D eigenvalue weighted by Gasteiger charge is 2.42. The summed E-state index contributed by atoms with van der Waals surface area (Å²) in [4.78, 5) is 26.9. The third-order valence-corrected chi connectivity index (χ3v) is 5.08. The van der Waals surface area contributed by atoms with Gasteiger partial charge in [0.2, 0.25) is 11.8 Å². The van der Waals surface area contributed by atoms with E-state index in [9.17, 15) is 9.59 Å². The number of anilines is 1. The number of hydrogen-bond acceptors (Lipinski definition) is 4. The molecule has 2 atom stereocenters. The average Bonchev–Trinajstić information content (AvgIpc) is 2.85. The summed E-state index contributed by atoms with van der Waals surface area (Å²) >= 11 is 0. The Labute approximate surface area is 158 Å². The zero-order valence-corrected chi connectivity index (χ0v) is 15.2. The zero-order valence-electron chi connectivity index (χ0n) is 15.2. The number of amides is 2. The van der Waals surface area contributed by atoms with Crippen LogP contribution in [0.25, 0.3) is 0 Å². The van der Waals surface area contributed by atoms with Gasteiger partial charge >= 0.3 is 0 Å². The first-order valence-corrected chi connectivity index (χ1v) is 9.14. The number of carbonyl (C=O) groups is 2. The monoisotopic (exact) mass is 366 g/mol. The Hall–Kier alpha value is -3.02. The number of nitrogens with zero attached hydrogens (tertiary/aromatic N) is 1. The predicted octanol–water partition coefficient (Wildman–Crippen LogP) is 3.01. The van der Waals surface area contributed by atoms with Crippen LogP contribution in [0.2, 0.25) is 0 Å². The lowest BCUT2D eigenvalue weighted by Gasteiger charge is -2.25. The molecule has 6 heteroatoms. The summed E-state index contributed by atoms with van der Waals surface area (Å²) in [5.74, 6) is 0.674. The van der Waals surface area contributed by atoms with Crippen LogP contribution in [-0.4, -0.2) is 37.0 Å². The van der Waals surface area contributed by atoms with Crippen molar-refractivity contribution in [1.82, 2.24) is 4.90 Å². The van der Waals surface area contributed by atoms with Gasteiger partial charge in [-0.3, -0.25) is 9.59 Å². The summed E-state index contributed by atoms with van der Waals surface area (Å²) in [5.41, 5.74) is 1.60. The minimum absolute atomic E-state index is 0.0253. The smallest absolute Gasteiger partial charge is 0.230 e. The molecule has 0 radical (unpaired) electrons. The number of carbonyl (C=O) groups excluding carboxylic acids is 2. The fourth-order valence-electron chi connectivity index (χ4n) is 3.69. The van der Waals surface area contributed by atoms with Gasteiger partial charge in [0.25, 0.3) is 0 Å². The van der Waals surface area contributed by atoms with Gasteiger partial charge in [0.05, 0.1) is 25.2 Å². The first kappa shape index (κ1) is 17.4. The van der Waals surface area contributed by atoms with Crippen molar-refractivity contribution in [2.24, 2.45) is 5.92 Å². The number of nitrogens with one attached hydrogen (secondary N) is 1. The van der Waals surface area contributed by atoms with Gasteiger partial charge in [0.15, 0.2) is 11.5 Å². The molecule has 2 aliphatic rings. The highest BCUT2D eigenvalue weighted by atomic mass is 16.5. The highest BCUT2D eigenvalue weighted by molar-refractivity contribution is 5.98. The molecular formula is C21H22N2O4.